The van der Waals surface area contributed by atoms with Crippen molar-refractivity contribution in [2.45, 2.75) is 56.5 Å². The molecule has 0 unspecified atom stereocenters. The largest absolute Gasteiger partial charge is 0.486 e. The molecule has 1 saturated carbocycles. The molecule has 1 fully saturated rings. The second kappa shape index (κ2) is 5.94. The summed E-state index contributed by atoms with van der Waals surface area (Å²) < 4.78 is 13.9. The summed E-state index contributed by atoms with van der Waals surface area (Å²) in [6, 6.07) is 5.38. The molecule has 27 heavy (non-hydrogen) atoms. The van der Waals surface area contributed by atoms with E-state index in [9.17, 15) is 9.59 Å². The number of aromatic nitrogens is 2. The van der Waals surface area contributed by atoms with Crippen LogP contribution in [0.15, 0.2) is 24.4 Å². The number of carbonyl (C=O) groups is 2. The van der Waals surface area contributed by atoms with Crippen LogP contribution in [0.1, 0.15) is 72.5 Å². The Kier molecular flexibility index (Phi) is 3.64. The molecule has 1 aromatic carbocycles. The van der Waals surface area contributed by atoms with Gasteiger partial charge in [0, 0.05) is 30.4 Å². The van der Waals surface area contributed by atoms with Gasteiger partial charge in [-0.15, -0.1) is 0 Å². The molecule has 0 saturated heterocycles. The fourth-order valence-corrected chi connectivity index (χ4v) is 4.86. The molecule has 6 heteroatoms. The molecule has 0 bridgehead atoms. The number of benzene rings is 1. The lowest BCUT2D eigenvalue weighted by Gasteiger charge is -2.42. The summed E-state index contributed by atoms with van der Waals surface area (Å²) in [5.41, 5.74) is 1.93. The third-order valence-electron chi connectivity index (χ3n) is 6.18. The number of hydrogen-bond donors (Lipinski definition) is 0. The van der Waals surface area contributed by atoms with Gasteiger partial charge in [-0.25, -0.2) is 0 Å². The molecule has 140 valence electrons. The number of Topliss-reactive ketones (excluding diaryl/α,β-unsaturated/α-hetero) is 1. The highest BCUT2D eigenvalue weighted by molar-refractivity contribution is 6.01. The monoisotopic (exact) mass is 366 g/mol. The van der Waals surface area contributed by atoms with Gasteiger partial charge in [0.2, 0.25) is 0 Å². The molecular weight excluding hydrogens is 344 g/mol. The van der Waals surface area contributed by atoms with Gasteiger partial charge in [-0.2, -0.15) is 5.10 Å². The van der Waals surface area contributed by atoms with E-state index in [0.29, 0.717) is 23.5 Å². The lowest BCUT2D eigenvalue weighted by Crippen LogP contribution is -2.44. The fraction of sp³-hybridized carbons (Fsp3) is 0.476. The molecule has 5 rings (SSSR count). The summed E-state index contributed by atoms with van der Waals surface area (Å²) in [5.74, 6) is 0.737. The summed E-state index contributed by atoms with van der Waals surface area (Å²) in [5, 5.41) is 4.26. The third kappa shape index (κ3) is 2.58. The van der Waals surface area contributed by atoms with Crippen LogP contribution in [-0.2, 0) is 11.8 Å². The molecule has 6 nitrogen and oxygen atoms in total. The van der Waals surface area contributed by atoms with Gasteiger partial charge in [-0.05, 0) is 43.9 Å². The molecule has 3 aliphatic rings. The summed E-state index contributed by atoms with van der Waals surface area (Å²) >= 11 is 0. The molecule has 1 spiro atoms. The Bertz CT molecular complexity index is 940. The van der Waals surface area contributed by atoms with E-state index in [1.165, 1.54) is 6.42 Å². The van der Waals surface area contributed by atoms with E-state index < -0.39 is 5.60 Å². The van der Waals surface area contributed by atoms with Gasteiger partial charge < -0.3 is 9.47 Å². The van der Waals surface area contributed by atoms with Crippen LogP contribution in [0.25, 0.3) is 0 Å². The quantitative estimate of drug-likeness (QED) is 0.570. The second-order valence-corrected chi connectivity index (χ2v) is 7.91. The van der Waals surface area contributed by atoms with E-state index in [1.807, 2.05) is 13.1 Å². The predicted octanol–water partition coefficient (Wildman–Crippen LogP) is 3.53. The van der Waals surface area contributed by atoms with Gasteiger partial charge in [-0.1, -0.05) is 6.42 Å². The van der Waals surface area contributed by atoms with Crippen LogP contribution < -0.4 is 9.47 Å². The Morgan fingerprint density at radius 2 is 1.96 bits per heavy atom. The molecule has 0 radical (unpaired) electrons. The Hall–Kier alpha value is -2.63. The number of nitrogens with zero attached hydrogens (tertiary/aromatic N) is 2. The SMILES string of the molecule is Cn1nccc1[C@@H]1CC(=O)Oc2ccc3c(c21)OC1(CCCCC1)CC3=O. The number of fused-ring (bicyclic) bond motifs is 3. The van der Waals surface area contributed by atoms with Crippen molar-refractivity contribution in [1.29, 1.82) is 0 Å². The minimum atomic E-state index is -0.407. The highest BCUT2D eigenvalue weighted by Crippen LogP contribution is 2.50. The maximum Gasteiger partial charge on any atom is 0.312 e. The van der Waals surface area contributed by atoms with E-state index in [1.54, 1.807) is 23.0 Å². The van der Waals surface area contributed by atoms with Crippen LogP contribution in [0.5, 0.6) is 11.5 Å². The van der Waals surface area contributed by atoms with Crippen molar-refractivity contribution in [3.8, 4) is 11.5 Å². The lowest BCUT2D eigenvalue weighted by atomic mass is 9.77. The molecule has 0 N–H and O–H groups in total. The Balaban J connectivity index is 1.68. The highest BCUT2D eigenvalue weighted by atomic mass is 16.5. The van der Waals surface area contributed by atoms with Gasteiger partial charge in [0.15, 0.2) is 5.78 Å². The fourth-order valence-electron chi connectivity index (χ4n) is 4.86. The number of hydrogen-bond acceptors (Lipinski definition) is 5. The van der Waals surface area contributed by atoms with Gasteiger partial charge in [0.1, 0.15) is 17.1 Å². The highest BCUT2D eigenvalue weighted by Gasteiger charge is 2.45. The summed E-state index contributed by atoms with van der Waals surface area (Å²) in [4.78, 5) is 25.2. The smallest absolute Gasteiger partial charge is 0.312 e. The van der Waals surface area contributed by atoms with Crippen molar-refractivity contribution in [2.75, 3.05) is 0 Å². The number of ether oxygens (including phenoxy) is 2. The predicted molar refractivity (Wildman–Crippen MR) is 97.1 cm³/mol. The number of ketones is 1. The first-order chi connectivity index (χ1) is 13.1. The molecule has 1 atom stereocenters. The number of rotatable bonds is 1. The average Bonchev–Trinajstić information content (AvgIpc) is 3.07. The van der Waals surface area contributed by atoms with Gasteiger partial charge in [-0.3, -0.25) is 14.3 Å². The standard InChI is InChI=1S/C21H22N2O4/c1-23-15(7-10-22-23)14-11-18(25)26-17-6-5-13-16(24)12-21(8-3-2-4-9-21)27-20(13)19(14)17/h5-7,10,14H,2-4,8-9,11-12H2,1H3/t14-/m0/s1. The zero-order chi connectivity index (χ0) is 18.6. The van der Waals surface area contributed by atoms with Crippen LogP contribution in [0.3, 0.4) is 0 Å². The molecule has 1 aliphatic carbocycles. The Morgan fingerprint density at radius 1 is 1.15 bits per heavy atom. The van der Waals surface area contributed by atoms with Crippen LogP contribution in [0.2, 0.25) is 0 Å². The van der Waals surface area contributed by atoms with Crippen LogP contribution in [0, 0.1) is 0 Å². The maximum atomic E-state index is 13.0. The summed E-state index contributed by atoms with van der Waals surface area (Å²) in [7, 11) is 1.86. The Labute approximate surface area is 157 Å². The summed E-state index contributed by atoms with van der Waals surface area (Å²) in [6.07, 6.45) is 7.53. The van der Waals surface area contributed by atoms with Gasteiger partial charge in [0.25, 0.3) is 0 Å². The van der Waals surface area contributed by atoms with Crippen LogP contribution in [-0.4, -0.2) is 27.1 Å². The van der Waals surface area contributed by atoms with E-state index in [0.717, 1.165) is 36.9 Å². The normalized spacial score (nSPS) is 23.4. The van der Waals surface area contributed by atoms with Gasteiger partial charge in [0.05, 0.1) is 18.4 Å². The van der Waals surface area contributed by atoms with E-state index in [2.05, 4.69) is 5.10 Å². The number of carbonyl (C=O) groups excluding carboxylic acids is 2. The van der Waals surface area contributed by atoms with Crippen LogP contribution >= 0.6 is 0 Å². The van der Waals surface area contributed by atoms with E-state index in [-0.39, 0.29) is 24.1 Å². The minimum Gasteiger partial charge on any atom is -0.486 e. The molecular formula is C21H22N2O4. The van der Waals surface area contributed by atoms with Crippen LogP contribution in [0.4, 0.5) is 0 Å². The molecule has 1 aromatic heterocycles. The number of esters is 1. The third-order valence-corrected chi connectivity index (χ3v) is 6.18. The van der Waals surface area contributed by atoms with Crippen molar-refractivity contribution in [3.63, 3.8) is 0 Å². The number of aryl methyl sites for hydroxylation is 1. The molecule has 2 aliphatic heterocycles. The zero-order valence-electron chi connectivity index (χ0n) is 15.4. The average molecular weight is 366 g/mol. The van der Waals surface area contributed by atoms with Gasteiger partial charge >= 0.3 is 5.97 Å². The first kappa shape index (κ1) is 16.5. The minimum absolute atomic E-state index is 0.126. The second-order valence-electron chi connectivity index (χ2n) is 7.91. The molecule has 3 heterocycles. The van der Waals surface area contributed by atoms with Crippen molar-refractivity contribution >= 4 is 11.8 Å². The van der Waals surface area contributed by atoms with E-state index in [4.69, 9.17) is 9.47 Å². The first-order valence-electron chi connectivity index (χ1n) is 9.64. The topological polar surface area (TPSA) is 70.4 Å². The van der Waals surface area contributed by atoms with Crippen molar-refractivity contribution in [1.82, 2.24) is 9.78 Å². The summed E-state index contributed by atoms with van der Waals surface area (Å²) in [6.45, 7) is 0. The van der Waals surface area contributed by atoms with Crippen molar-refractivity contribution in [3.05, 3.63) is 41.2 Å². The van der Waals surface area contributed by atoms with Crippen molar-refractivity contribution < 1.29 is 19.1 Å². The zero-order valence-corrected chi connectivity index (χ0v) is 15.4. The van der Waals surface area contributed by atoms with Crippen molar-refractivity contribution in [2.24, 2.45) is 7.05 Å². The lowest BCUT2D eigenvalue weighted by molar-refractivity contribution is -0.135. The maximum absolute atomic E-state index is 13.0. The molecule has 0 amide bonds. The first-order valence-corrected chi connectivity index (χ1v) is 9.64. The molecule has 2 aromatic rings. The van der Waals surface area contributed by atoms with E-state index >= 15 is 0 Å². The Morgan fingerprint density at radius 3 is 2.70 bits per heavy atom.